The van der Waals surface area contributed by atoms with Crippen LogP contribution in [0.2, 0.25) is 0 Å². The molecule has 8 heteroatoms. The minimum Gasteiger partial charge on any atom is -0.550 e. The zero-order valence-electron chi connectivity index (χ0n) is 15.1. The number of carbonyl (C=O) groups is 2. The summed E-state index contributed by atoms with van der Waals surface area (Å²) in [6, 6.07) is 14.3. The number of fused-ring (bicyclic) bond motifs is 1. The number of hydrogen-bond acceptors (Lipinski definition) is 6. The topological polar surface area (TPSA) is 117 Å². The van der Waals surface area contributed by atoms with Gasteiger partial charge in [-0.3, -0.25) is 4.79 Å². The molecule has 0 aliphatic heterocycles. The number of anilines is 1. The number of imidazole rings is 1. The van der Waals surface area contributed by atoms with Gasteiger partial charge in [0, 0.05) is 18.1 Å². The van der Waals surface area contributed by atoms with Crippen molar-refractivity contribution in [2.75, 3.05) is 11.9 Å². The van der Waals surface area contributed by atoms with Gasteiger partial charge in [0.1, 0.15) is 18.5 Å². The highest BCUT2D eigenvalue weighted by atomic mass is 16.5. The lowest BCUT2D eigenvalue weighted by Gasteiger charge is -2.14. The number of hydrogen-bond donors (Lipinski definition) is 2. The molecule has 0 spiro atoms. The lowest BCUT2D eigenvalue weighted by Crippen LogP contribution is -2.24. The van der Waals surface area contributed by atoms with E-state index in [2.05, 4.69) is 10.3 Å². The maximum Gasteiger partial charge on any atom is 0.224 e. The van der Waals surface area contributed by atoms with E-state index in [0.717, 1.165) is 11.0 Å². The molecule has 1 amide bonds. The summed E-state index contributed by atoms with van der Waals surface area (Å²) in [7, 11) is 0. The van der Waals surface area contributed by atoms with Crippen molar-refractivity contribution in [1.82, 2.24) is 9.55 Å². The summed E-state index contributed by atoms with van der Waals surface area (Å²) in [6.07, 6.45) is 0.500. The summed E-state index contributed by atoms with van der Waals surface area (Å²) in [5.41, 5.74) is 2.34. The number of amides is 1. The molecule has 0 aliphatic rings. The van der Waals surface area contributed by atoms with E-state index in [0.29, 0.717) is 18.0 Å². The molecular weight excluding hydrogens is 362 g/mol. The molecule has 1 aromatic heterocycles. The van der Waals surface area contributed by atoms with E-state index < -0.39 is 18.0 Å². The minimum absolute atomic E-state index is 0.101. The molecule has 8 nitrogen and oxygen atoms in total. The van der Waals surface area contributed by atoms with Crippen LogP contribution in [-0.2, 0) is 16.1 Å². The van der Waals surface area contributed by atoms with Crippen LogP contribution in [0.3, 0.4) is 0 Å². The third-order valence-corrected chi connectivity index (χ3v) is 4.07. The van der Waals surface area contributed by atoms with Gasteiger partial charge in [-0.05, 0) is 42.8 Å². The highest BCUT2D eigenvalue weighted by Gasteiger charge is 2.10. The summed E-state index contributed by atoms with van der Waals surface area (Å²) in [6.45, 7) is 0.455. The molecular formula is C20H20N3O5-. The van der Waals surface area contributed by atoms with Gasteiger partial charge in [0.25, 0.3) is 0 Å². The Labute approximate surface area is 161 Å². The highest BCUT2D eigenvalue weighted by Crippen LogP contribution is 2.17. The number of nitrogens with zero attached hydrogens (tertiary/aromatic N) is 2. The van der Waals surface area contributed by atoms with E-state index in [4.69, 9.17) is 4.74 Å². The molecule has 0 radical (unpaired) electrons. The number of carbonyl (C=O) groups excluding carboxylic acids is 2. The van der Waals surface area contributed by atoms with Crippen LogP contribution in [0, 0.1) is 0 Å². The van der Waals surface area contributed by atoms with Gasteiger partial charge in [0.15, 0.2) is 0 Å². The molecule has 0 aliphatic carbocycles. The molecule has 3 rings (SSSR count). The number of aliphatic hydroxyl groups is 1. The van der Waals surface area contributed by atoms with Crippen LogP contribution in [-0.4, -0.2) is 39.2 Å². The Hall–Kier alpha value is -3.39. The van der Waals surface area contributed by atoms with Crippen molar-refractivity contribution in [1.29, 1.82) is 0 Å². The first-order valence-corrected chi connectivity index (χ1v) is 8.82. The van der Waals surface area contributed by atoms with E-state index in [1.807, 2.05) is 28.8 Å². The number of ether oxygens (including phenoxy) is 1. The van der Waals surface area contributed by atoms with E-state index >= 15 is 0 Å². The number of aliphatic carboxylic acids is 1. The van der Waals surface area contributed by atoms with Gasteiger partial charge in [-0.2, -0.15) is 0 Å². The Bertz CT molecular complexity index is 952. The molecule has 1 heterocycles. The van der Waals surface area contributed by atoms with Crippen LogP contribution in [0.1, 0.15) is 12.8 Å². The van der Waals surface area contributed by atoms with Gasteiger partial charge < -0.3 is 29.6 Å². The maximum atomic E-state index is 11.6. The van der Waals surface area contributed by atoms with Crippen LogP contribution >= 0.6 is 0 Å². The number of benzene rings is 2. The number of para-hydroxylation sites is 2. The van der Waals surface area contributed by atoms with Crippen molar-refractivity contribution in [3.05, 3.63) is 54.9 Å². The summed E-state index contributed by atoms with van der Waals surface area (Å²) >= 11 is 0. The van der Waals surface area contributed by atoms with Gasteiger partial charge in [0.2, 0.25) is 5.91 Å². The third-order valence-electron chi connectivity index (χ3n) is 4.07. The predicted octanol–water partition coefficient (Wildman–Crippen LogP) is 0.945. The van der Waals surface area contributed by atoms with Crippen LogP contribution in [0.15, 0.2) is 54.9 Å². The monoisotopic (exact) mass is 382 g/mol. The molecule has 28 heavy (non-hydrogen) atoms. The number of carboxylic acids is 1. The Morgan fingerprint density at radius 2 is 1.89 bits per heavy atom. The van der Waals surface area contributed by atoms with Crippen LogP contribution < -0.4 is 15.2 Å². The second kappa shape index (κ2) is 9.01. The fourth-order valence-electron chi connectivity index (χ4n) is 2.70. The quantitative estimate of drug-likeness (QED) is 0.569. The van der Waals surface area contributed by atoms with Crippen LogP contribution in [0.4, 0.5) is 5.69 Å². The van der Waals surface area contributed by atoms with Gasteiger partial charge in [-0.1, -0.05) is 12.1 Å². The molecule has 2 aromatic carbocycles. The predicted molar refractivity (Wildman–Crippen MR) is 101 cm³/mol. The highest BCUT2D eigenvalue weighted by molar-refractivity contribution is 5.92. The standard InChI is InChI=1S/C20H21N3O5/c24-15(11-23-13-21-17-3-1-2-4-18(17)23)12-28-16-7-5-14(6-8-16)22-19(25)9-10-20(26)27/h1-8,13,15,24H,9-12H2,(H,22,25)(H,26,27)/p-1/t15-/m1/s1. The molecule has 0 unspecified atom stereocenters. The summed E-state index contributed by atoms with van der Waals surface area (Å²) in [4.78, 5) is 26.2. The first kappa shape index (κ1) is 19.4. The van der Waals surface area contributed by atoms with Gasteiger partial charge in [0.05, 0.1) is 23.9 Å². The second-order valence-corrected chi connectivity index (χ2v) is 6.30. The summed E-state index contributed by atoms with van der Waals surface area (Å²) in [5, 5.41) is 23.2. The fraction of sp³-hybridized carbons (Fsp3) is 0.250. The van der Waals surface area contributed by atoms with Gasteiger partial charge in [-0.15, -0.1) is 0 Å². The van der Waals surface area contributed by atoms with E-state index in [1.54, 1.807) is 30.6 Å². The van der Waals surface area contributed by atoms with Crippen LogP contribution in [0.5, 0.6) is 5.75 Å². The molecule has 1 atom stereocenters. The Kier molecular flexibility index (Phi) is 6.23. The minimum atomic E-state index is -1.26. The average molecular weight is 382 g/mol. The Balaban J connectivity index is 1.47. The van der Waals surface area contributed by atoms with Crippen molar-refractivity contribution >= 4 is 28.6 Å². The maximum absolute atomic E-state index is 11.6. The average Bonchev–Trinajstić information content (AvgIpc) is 3.09. The lowest BCUT2D eigenvalue weighted by molar-refractivity contribution is -0.305. The van der Waals surface area contributed by atoms with Crippen molar-refractivity contribution < 1.29 is 24.5 Å². The number of aliphatic hydroxyl groups excluding tert-OH is 1. The van der Waals surface area contributed by atoms with Crippen molar-refractivity contribution in [3.63, 3.8) is 0 Å². The molecule has 0 fully saturated rings. The van der Waals surface area contributed by atoms with E-state index in [9.17, 15) is 19.8 Å². The Morgan fingerprint density at radius 1 is 1.14 bits per heavy atom. The number of carboxylic acid groups (broad SMARTS) is 1. The zero-order chi connectivity index (χ0) is 19.9. The SMILES string of the molecule is O=C([O-])CCC(=O)Nc1ccc(OC[C@H](O)Cn2cnc3ccccc32)cc1. The normalized spacial score (nSPS) is 11.9. The zero-order valence-corrected chi connectivity index (χ0v) is 15.1. The first-order valence-electron chi connectivity index (χ1n) is 8.82. The van der Waals surface area contributed by atoms with Crippen molar-refractivity contribution in [2.24, 2.45) is 0 Å². The summed E-state index contributed by atoms with van der Waals surface area (Å²) < 4.78 is 7.45. The molecule has 0 saturated heterocycles. The molecule has 0 bridgehead atoms. The Morgan fingerprint density at radius 3 is 2.64 bits per heavy atom. The smallest absolute Gasteiger partial charge is 0.224 e. The van der Waals surface area contributed by atoms with E-state index in [1.165, 1.54) is 0 Å². The van der Waals surface area contributed by atoms with Crippen molar-refractivity contribution in [3.8, 4) is 5.75 Å². The van der Waals surface area contributed by atoms with Crippen LogP contribution in [0.25, 0.3) is 11.0 Å². The summed E-state index contributed by atoms with van der Waals surface area (Å²) in [5.74, 6) is -1.12. The third kappa shape index (κ3) is 5.31. The van der Waals surface area contributed by atoms with E-state index in [-0.39, 0.29) is 19.4 Å². The number of aromatic nitrogens is 2. The van der Waals surface area contributed by atoms with Gasteiger partial charge >= 0.3 is 0 Å². The number of nitrogens with one attached hydrogen (secondary N) is 1. The number of rotatable bonds is 9. The molecule has 3 aromatic rings. The lowest BCUT2D eigenvalue weighted by atomic mass is 10.2. The largest absolute Gasteiger partial charge is 0.550 e. The molecule has 146 valence electrons. The van der Waals surface area contributed by atoms with Crippen molar-refractivity contribution in [2.45, 2.75) is 25.5 Å². The van der Waals surface area contributed by atoms with Gasteiger partial charge in [-0.25, -0.2) is 4.98 Å². The fourth-order valence-corrected chi connectivity index (χ4v) is 2.70. The molecule has 0 saturated carbocycles. The first-order chi connectivity index (χ1) is 13.5. The second-order valence-electron chi connectivity index (χ2n) is 6.30. The molecule has 2 N–H and O–H groups in total.